The van der Waals surface area contributed by atoms with E-state index in [-0.39, 0.29) is 0 Å². The van der Waals surface area contributed by atoms with E-state index in [9.17, 15) is 5.11 Å². The number of aromatic hydroxyl groups is 1. The Morgan fingerprint density at radius 2 is 1.67 bits per heavy atom. The second-order valence-corrected chi connectivity index (χ2v) is 6.32. The maximum absolute atomic E-state index is 9.49. The molecule has 0 saturated carbocycles. The molecule has 0 saturated heterocycles. The lowest BCUT2D eigenvalue weighted by molar-refractivity contribution is 0.476. The van der Waals surface area contributed by atoms with Crippen LogP contribution in [0.4, 0.5) is 5.69 Å². The minimum Gasteiger partial charge on any atom is -0.508 e. The number of para-hydroxylation sites is 1. The van der Waals surface area contributed by atoms with Crippen molar-refractivity contribution in [2.75, 3.05) is 7.05 Å². The Balaban J connectivity index is 2.25. The van der Waals surface area contributed by atoms with Crippen molar-refractivity contribution in [2.45, 2.75) is 0 Å². The van der Waals surface area contributed by atoms with Gasteiger partial charge in [-0.2, -0.15) is 4.58 Å². The number of nitrogens with zero attached hydrogens (tertiary/aromatic N) is 1. The Morgan fingerprint density at radius 3 is 2.44 bits per heavy atom. The highest BCUT2D eigenvalue weighted by Gasteiger charge is 2.08. The molecule has 0 radical (unpaired) electrons. The van der Waals surface area contributed by atoms with Crippen molar-refractivity contribution in [3.8, 4) is 5.75 Å². The molecule has 1 aromatic heterocycles. The second-order valence-electron chi connectivity index (χ2n) is 4.00. The van der Waals surface area contributed by atoms with E-state index >= 15 is 0 Å². The maximum Gasteiger partial charge on any atom is 0.320 e. The second kappa shape index (κ2) is 4.55. The van der Waals surface area contributed by atoms with Crippen molar-refractivity contribution < 1.29 is 5.11 Å². The van der Waals surface area contributed by atoms with Gasteiger partial charge in [0.2, 0.25) is 5.69 Å². The van der Waals surface area contributed by atoms with Crippen LogP contribution in [0.1, 0.15) is 0 Å². The zero-order chi connectivity index (χ0) is 12.5. The molecule has 1 heterocycles. The molecule has 2 nitrogen and oxygen atoms in total. The fourth-order valence-corrected chi connectivity index (χ4v) is 4.22. The lowest BCUT2D eigenvalue weighted by Gasteiger charge is -1.91. The highest BCUT2D eigenvalue weighted by Crippen LogP contribution is 2.25. The quantitative estimate of drug-likeness (QED) is 0.675. The molecule has 1 N–H and O–H groups in total. The van der Waals surface area contributed by atoms with Crippen LogP contribution in [0.3, 0.4) is 0 Å². The van der Waals surface area contributed by atoms with Crippen LogP contribution >= 0.6 is 22.7 Å². The first-order chi connectivity index (χ1) is 8.74. The van der Waals surface area contributed by atoms with Gasteiger partial charge in [0.25, 0.3) is 0 Å². The topological polar surface area (TPSA) is 23.2 Å². The van der Waals surface area contributed by atoms with Crippen molar-refractivity contribution in [1.82, 2.24) is 4.58 Å². The van der Waals surface area contributed by atoms with Crippen LogP contribution in [0.15, 0.2) is 48.5 Å². The molecule has 3 rings (SSSR count). The van der Waals surface area contributed by atoms with Gasteiger partial charge >= 0.3 is 3.98 Å². The number of hydrogen-bond donors (Lipinski definition) is 1. The van der Waals surface area contributed by atoms with Crippen LogP contribution in [0.25, 0.3) is 9.40 Å². The van der Waals surface area contributed by atoms with Crippen LogP contribution in [-0.4, -0.2) is 12.2 Å². The standard InChI is InChI=1S/C14H11NOS2/c1-15(10-5-3-2-4-6-10)14-17-12-8-7-11(16)9-13(12)18-14/h2-9H,1H3/p+1. The molecule has 0 spiro atoms. The smallest absolute Gasteiger partial charge is 0.320 e. The number of phenols is 1. The summed E-state index contributed by atoms with van der Waals surface area (Å²) in [5.74, 6) is 0.325. The number of benzene rings is 2. The van der Waals surface area contributed by atoms with Gasteiger partial charge in [-0.15, -0.1) is 0 Å². The molecule has 4 heteroatoms. The summed E-state index contributed by atoms with van der Waals surface area (Å²) < 4.78 is 5.71. The monoisotopic (exact) mass is 274 g/mol. The molecule has 90 valence electrons. The number of fused-ring (bicyclic) bond motifs is 1. The third kappa shape index (κ3) is 2.05. The molecule has 0 atom stereocenters. The molecule has 0 aliphatic rings. The summed E-state index contributed by atoms with van der Waals surface area (Å²) in [7, 11) is 2.07. The molecule has 0 aliphatic heterocycles. The average Bonchev–Trinajstić information content (AvgIpc) is 2.81. The Morgan fingerprint density at radius 1 is 0.944 bits per heavy atom. The molecule has 3 aromatic rings. The Labute approximate surface area is 113 Å². The van der Waals surface area contributed by atoms with E-state index in [4.69, 9.17) is 0 Å². The van der Waals surface area contributed by atoms with Gasteiger partial charge in [0.05, 0.1) is 9.40 Å². The van der Waals surface area contributed by atoms with Crippen LogP contribution in [-0.2, 0) is 0 Å². The van der Waals surface area contributed by atoms with Gasteiger partial charge in [-0.1, -0.05) is 40.9 Å². The van der Waals surface area contributed by atoms with Crippen molar-refractivity contribution in [2.24, 2.45) is 0 Å². The number of phenolic OH excluding ortho intramolecular Hbond substituents is 1. The van der Waals surface area contributed by atoms with Gasteiger partial charge in [0.15, 0.2) is 0 Å². The molecule has 0 fully saturated rings. The summed E-state index contributed by atoms with van der Waals surface area (Å²) in [5.41, 5.74) is 1.17. The summed E-state index contributed by atoms with van der Waals surface area (Å²) in [6, 6.07) is 15.8. The van der Waals surface area contributed by atoms with Crippen molar-refractivity contribution in [1.29, 1.82) is 0 Å². The summed E-state index contributed by atoms with van der Waals surface area (Å²) in [5, 5.41) is 9.49. The van der Waals surface area contributed by atoms with E-state index in [1.54, 1.807) is 28.7 Å². The van der Waals surface area contributed by atoms with E-state index in [0.29, 0.717) is 5.75 Å². The lowest BCUT2D eigenvalue weighted by atomic mass is 10.3. The summed E-state index contributed by atoms with van der Waals surface area (Å²) in [6.45, 7) is 0. The van der Waals surface area contributed by atoms with Gasteiger partial charge in [-0.25, -0.2) is 0 Å². The number of hydrogen-bond acceptors (Lipinski definition) is 3. The van der Waals surface area contributed by atoms with Gasteiger partial charge in [0.1, 0.15) is 12.8 Å². The highest BCUT2D eigenvalue weighted by atomic mass is 32.2. The summed E-state index contributed by atoms with van der Waals surface area (Å²) in [6.07, 6.45) is 0. The minimum absolute atomic E-state index is 0.325. The van der Waals surface area contributed by atoms with Gasteiger partial charge < -0.3 is 5.11 Å². The third-order valence-corrected chi connectivity index (χ3v) is 5.40. The highest BCUT2D eigenvalue weighted by molar-refractivity contribution is 7.35. The summed E-state index contributed by atoms with van der Waals surface area (Å²) >= 11 is 3.44. The van der Waals surface area contributed by atoms with Gasteiger partial charge in [0, 0.05) is 12.1 Å². The van der Waals surface area contributed by atoms with Gasteiger partial charge in [-0.05, 0) is 18.2 Å². The summed E-state index contributed by atoms with van der Waals surface area (Å²) in [4.78, 5) is 0. The molecule has 0 aliphatic carbocycles. The largest absolute Gasteiger partial charge is 0.508 e. The molecule has 2 aromatic carbocycles. The molecule has 0 amide bonds. The lowest BCUT2D eigenvalue weighted by Crippen LogP contribution is -2.14. The molecular weight excluding hydrogens is 262 g/mol. The van der Waals surface area contributed by atoms with E-state index in [1.807, 2.05) is 30.3 Å². The van der Waals surface area contributed by atoms with Gasteiger partial charge in [-0.3, -0.25) is 0 Å². The van der Waals surface area contributed by atoms with Crippen molar-refractivity contribution in [3.05, 3.63) is 52.5 Å². The Hall–Kier alpha value is -1.65. The van der Waals surface area contributed by atoms with Crippen LogP contribution in [0.5, 0.6) is 5.75 Å². The van der Waals surface area contributed by atoms with Crippen LogP contribution in [0, 0.1) is 0 Å². The minimum atomic E-state index is 0.325. The van der Waals surface area contributed by atoms with E-state index < -0.39 is 0 Å². The van der Waals surface area contributed by atoms with E-state index in [2.05, 4.69) is 23.8 Å². The fourth-order valence-electron chi connectivity index (χ4n) is 1.76. The molecule has 0 bridgehead atoms. The zero-order valence-electron chi connectivity index (χ0n) is 9.83. The zero-order valence-corrected chi connectivity index (χ0v) is 11.5. The molecule has 0 unspecified atom stereocenters. The van der Waals surface area contributed by atoms with Crippen molar-refractivity contribution >= 4 is 37.8 Å². The normalized spacial score (nSPS) is 12.7. The fraction of sp³-hybridized carbons (Fsp3) is 0.0714. The first-order valence-electron chi connectivity index (χ1n) is 5.58. The first-order valence-corrected chi connectivity index (χ1v) is 7.22. The first kappa shape index (κ1) is 11.4. The number of rotatable bonds is 1. The predicted molar refractivity (Wildman–Crippen MR) is 78.7 cm³/mol. The average molecular weight is 274 g/mol. The molecular formula is C14H12NOS2+. The third-order valence-electron chi connectivity index (χ3n) is 2.74. The SMILES string of the molecule is C[N+](c1ccccc1)=c1sc2ccc(O)cc2s1. The Kier molecular flexibility index (Phi) is 2.89. The maximum atomic E-state index is 9.49. The predicted octanol–water partition coefficient (Wildman–Crippen LogP) is 3.40. The van der Waals surface area contributed by atoms with E-state index in [0.717, 1.165) is 4.70 Å². The van der Waals surface area contributed by atoms with Crippen LogP contribution < -0.4 is 8.56 Å². The van der Waals surface area contributed by atoms with Crippen molar-refractivity contribution in [3.63, 3.8) is 0 Å². The Bertz CT molecular complexity index is 756. The van der Waals surface area contributed by atoms with E-state index in [1.165, 1.54) is 14.4 Å². The molecule has 18 heavy (non-hydrogen) atoms. The van der Waals surface area contributed by atoms with Crippen LogP contribution in [0.2, 0.25) is 0 Å².